The molecule has 1 heterocycles. The number of aryl methyl sites for hydroxylation is 1. The van der Waals surface area contributed by atoms with Crippen LogP contribution in [0.5, 0.6) is 5.75 Å². The lowest BCUT2D eigenvalue weighted by Gasteiger charge is -2.19. The van der Waals surface area contributed by atoms with Gasteiger partial charge in [-0.1, -0.05) is 29.8 Å². The maximum Gasteiger partial charge on any atom is 0.124 e. The van der Waals surface area contributed by atoms with Crippen LogP contribution in [0.1, 0.15) is 28.5 Å². The molecule has 0 amide bonds. The third-order valence-corrected chi connectivity index (χ3v) is 4.28. The van der Waals surface area contributed by atoms with Gasteiger partial charge in [0.25, 0.3) is 0 Å². The number of rotatable bonds is 2. The molecule has 1 aliphatic rings. The van der Waals surface area contributed by atoms with Gasteiger partial charge in [0, 0.05) is 5.02 Å². The van der Waals surface area contributed by atoms with Crippen molar-refractivity contribution in [2.24, 2.45) is 0 Å². The molecule has 3 rings (SSSR count). The summed E-state index contributed by atoms with van der Waals surface area (Å²) in [6.07, 6.45) is 2.00. The third kappa shape index (κ3) is 2.63. The van der Waals surface area contributed by atoms with Gasteiger partial charge in [0.2, 0.25) is 0 Å². The van der Waals surface area contributed by atoms with Gasteiger partial charge in [-0.05, 0) is 47.7 Å². The summed E-state index contributed by atoms with van der Waals surface area (Å²) in [5.74, 6) is 0.565. The fourth-order valence-electron chi connectivity index (χ4n) is 2.42. The van der Waals surface area contributed by atoms with E-state index in [4.69, 9.17) is 27.9 Å². The predicted molar refractivity (Wildman–Crippen MR) is 79.4 cm³/mol. The summed E-state index contributed by atoms with van der Waals surface area (Å²) < 4.78 is 18.7. The van der Waals surface area contributed by atoms with Crippen molar-refractivity contribution < 1.29 is 9.13 Å². The molecule has 2 aromatic carbocycles. The molecule has 0 saturated heterocycles. The van der Waals surface area contributed by atoms with E-state index >= 15 is 0 Å². The van der Waals surface area contributed by atoms with Crippen LogP contribution < -0.4 is 4.74 Å². The first kappa shape index (κ1) is 13.7. The molecule has 0 aromatic heterocycles. The summed E-state index contributed by atoms with van der Waals surface area (Å²) in [5.41, 5.74) is 2.83. The topological polar surface area (TPSA) is 9.23 Å². The first-order chi connectivity index (χ1) is 9.65. The van der Waals surface area contributed by atoms with E-state index in [2.05, 4.69) is 0 Å². The first-order valence-corrected chi connectivity index (χ1v) is 7.31. The summed E-state index contributed by atoms with van der Waals surface area (Å²) in [6, 6.07) is 10.2. The number of alkyl halides is 1. The Kier molecular flexibility index (Phi) is 3.86. The highest BCUT2D eigenvalue weighted by Gasteiger charge is 2.18. The molecule has 0 bridgehead atoms. The van der Waals surface area contributed by atoms with Crippen molar-refractivity contribution in [1.29, 1.82) is 0 Å². The number of benzene rings is 2. The number of hydrogen-bond donors (Lipinski definition) is 0. The van der Waals surface area contributed by atoms with Gasteiger partial charge >= 0.3 is 0 Å². The van der Waals surface area contributed by atoms with E-state index < -0.39 is 5.38 Å². The summed E-state index contributed by atoms with van der Waals surface area (Å²) in [5, 5.41) is -0.0469. The highest BCUT2D eigenvalue weighted by Crippen LogP contribution is 2.36. The second kappa shape index (κ2) is 5.63. The van der Waals surface area contributed by atoms with E-state index in [-0.39, 0.29) is 5.82 Å². The molecule has 4 heteroatoms. The molecule has 0 aliphatic carbocycles. The van der Waals surface area contributed by atoms with Crippen LogP contribution in [0, 0.1) is 5.82 Å². The minimum atomic E-state index is -0.393. The zero-order valence-electron chi connectivity index (χ0n) is 10.7. The van der Waals surface area contributed by atoms with Crippen molar-refractivity contribution in [2.45, 2.75) is 18.2 Å². The van der Waals surface area contributed by atoms with Gasteiger partial charge in [0.1, 0.15) is 11.6 Å². The molecule has 0 spiro atoms. The average Bonchev–Trinajstić information content (AvgIpc) is 2.46. The second-order valence-electron chi connectivity index (χ2n) is 4.85. The first-order valence-electron chi connectivity index (χ1n) is 6.50. The summed E-state index contributed by atoms with van der Waals surface area (Å²) in [6.45, 7) is 0.764. The van der Waals surface area contributed by atoms with Crippen LogP contribution in [0.4, 0.5) is 4.39 Å². The molecule has 0 radical (unpaired) electrons. The molecule has 1 unspecified atom stereocenters. The summed E-state index contributed by atoms with van der Waals surface area (Å²) in [4.78, 5) is 0. The van der Waals surface area contributed by atoms with E-state index in [0.717, 1.165) is 36.3 Å². The van der Waals surface area contributed by atoms with Gasteiger partial charge in [-0.15, -0.1) is 11.6 Å². The Bertz CT molecular complexity index is 642. The average molecular weight is 311 g/mol. The molecular formula is C16H13Cl2FO. The molecule has 1 nitrogen and oxygen atoms in total. The SMILES string of the molecule is Fc1ccc(C(Cl)c2ccc3c(c2)CCCO3)c(Cl)c1. The van der Waals surface area contributed by atoms with Gasteiger partial charge in [0.05, 0.1) is 12.0 Å². The minimum absolute atomic E-state index is 0.346. The van der Waals surface area contributed by atoms with Gasteiger partial charge in [-0.25, -0.2) is 4.39 Å². The lowest BCUT2D eigenvalue weighted by molar-refractivity contribution is 0.288. The molecule has 1 aliphatic heterocycles. The van der Waals surface area contributed by atoms with Crippen molar-refractivity contribution >= 4 is 23.2 Å². The van der Waals surface area contributed by atoms with Crippen LogP contribution in [0.2, 0.25) is 5.02 Å². The smallest absolute Gasteiger partial charge is 0.124 e. The predicted octanol–water partition coefficient (Wildman–Crippen LogP) is 5.13. The van der Waals surface area contributed by atoms with E-state index in [1.54, 1.807) is 6.07 Å². The van der Waals surface area contributed by atoms with Crippen molar-refractivity contribution in [2.75, 3.05) is 6.61 Å². The van der Waals surface area contributed by atoms with Crippen molar-refractivity contribution in [3.63, 3.8) is 0 Å². The van der Waals surface area contributed by atoms with Gasteiger partial charge in [0.15, 0.2) is 0 Å². The number of halogens is 3. The summed E-state index contributed by atoms with van der Waals surface area (Å²) in [7, 11) is 0. The molecule has 1 atom stereocenters. The standard InChI is InChI=1S/C16H13Cl2FO/c17-14-9-12(19)4-5-13(14)16(18)11-3-6-15-10(8-11)2-1-7-20-15/h3-6,8-9,16H,1-2,7H2. The molecular weight excluding hydrogens is 298 g/mol. The zero-order chi connectivity index (χ0) is 14.1. The van der Waals surface area contributed by atoms with E-state index in [9.17, 15) is 4.39 Å². The van der Waals surface area contributed by atoms with Crippen molar-refractivity contribution in [3.05, 3.63) is 63.9 Å². The maximum absolute atomic E-state index is 13.1. The second-order valence-corrected chi connectivity index (χ2v) is 5.69. The van der Waals surface area contributed by atoms with Gasteiger partial charge < -0.3 is 4.74 Å². The fraction of sp³-hybridized carbons (Fsp3) is 0.250. The Morgan fingerprint density at radius 3 is 2.80 bits per heavy atom. The number of fused-ring (bicyclic) bond motifs is 1. The van der Waals surface area contributed by atoms with Crippen LogP contribution in [0.15, 0.2) is 36.4 Å². The highest BCUT2D eigenvalue weighted by atomic mass is 35.5. The molecule has 2 aromatic rings. The monoisotopic (exact) mass is 310 g/mol. The molecule has 0 fully saturated rings. The highest BCUT2D eigenvalue weighted by molar-refractivity contribution is 6.33. The number of ether oxygens (including phenoxy) is 1. The Hall–Kier alpha value is -1.25. The van der Waals surface area contributed by atoms with Crippen LogP contribution in [0.25, 0.3) is 0 Å². The van der Waals surface area contributed by atoms with E-state index in [1.165, 1.54) is 12.1 Å². The Labute approximate surface area is 127 Å². The zero-order valence-corrected chi connectivity index (χ0v) is 12.2. The van der Waals surface area contributed by atoms with E-state index in [0.29, 0.717) is 10.6 Å². The Balaban J connectivity index is 1.95. The lowest BCUT2D eigenvalue weighted by Crippen LogP contribution is -2.09. The normalized spacial score (nSPS) is 15.3. The number of hydrogen-bond acceptors (Lipinski definition) is 1. The maximum atomic E-state index is 13.1. The van der Waals surface area contributed by atoms with Crippen molar-refractivity contribution in [3.8, 4) is 5.75 Å². The fourth-order valence-corrected chi connectivity index (χ4v) is 3.08. The lowest BCUT2D eigenvalue weighted by atomic mass is 9.98. The van der Waals surface area contributed by atoms with Crippen LogP contribution in [0.3, 0.4) is 0 Å². The quantitative estimate of drug-likeness (QED) is 0.698. The van der Waals surface area contributed by atoms with Gasteiger partial charge in [-0.3, -0.25) is 0 Å². The molecule has 20 heavy (non-hydrogen) atoms. The third-order valence-electron chi connectivity index (χ3n) is 3.46. The van der Waals surface area contributed by atoms with Crippen LogP contribution in [-0.4, -0.2) is 6.61 Å². The Morgan fingerprint density at radius 1 is 1.15 bits per heavy atom. The van der Waals surface area contributed by atoms with E-state index in [1.807, 2.05) is 18.2 Å². The minimum Gasteiger partial charge on any atom is -0.493 e. The molecule has 0 N–H and O–H groups in total. The van der Waals surface area contributed by atoms with Gasteiger partial charge in [-0.2, -0.15) is 0 Å². The largest absolute Gasteiger partial charge is 0.493 e. The summed E-state index contributed by atoms with van der Waals surface area (Å²) >= 11 is 12.6. The van der Waals surface area contributed by atoms with Crippen LogP contribution >= 0.6 is 23.2 Å². The van der Waals surface area contributed by atoms with Crippen LogP contribution in [-0.2, 0) is 6.42 Å². The molecule has 104 valence electrons. The van der Waals surface area contributed by atoms with Crippen molar-refractivity contribution in [1.82, 2.24) is 0 Å². The molecule has 0 saturated carbocycles. The Morgan fingerprint density at radius 2 is 2.00 bits per heavy atom.